The van der Waals surface area contributed by atoms with Crippen molar-refractivity contribution in [2.75, 3.05) is 0 Å². The molecule has 3 nitrogen and oxygen atoms in total. The Bertz CT molecular complexity index is 676. The van der Waals surface area contributed by atoms with Crippen LogP contribution < -0.4 is 0 Å². The van der Waals surface area contributed by atoms with Crippen LogP contribution in [0.3, 0.4) is 0 Å². The summed E-state index contributed by atoms with van der Waals surface area (Å²) >= 11 is 0. The molecule has 6 heteroatoms. The normalized spacial score (nSPS) is 11.4. The van der Waals surface area contributed by atoms with Crippen LogP contribution in [-0.4, -0.2) is 16.2 Å². The number of halogens is 3. The van der Waals surface area contributed by atoms with Crippen molar-refractivity contribution in [2.24, 2.45) is 0 Å². The largest absolute Gasteiger partial charge is 0.508 e. The standard InChI is InChI=1S/C16H13F3O3/c17-16(18,19)13-5-1-10(2-6-13)11-3-7-14(20)12(9-11)4-8-15(21)22/h1-3,5-7,9,20H,4,8H2,(H,21,22). The lowest BCUT2D eigenvalue weighted by Crippen LogP contribution is -2.04. The third kappa shape index (κ3) is 3.78. The van der Waals surface area contributed by atoms with Crippen LogP contribution in [0.5, 0.6) is 5.75 Å². The Balaban J connectivity index is 2.29. The van der Waals surface area contributed by atoms with Gasteiger partial charge in [0.05, 0.1) is 5.56 Å². The molecule has 22 heavy (non-hydrogen) atoms. The summed E-state index contributed by atoms with van der Waals surface area (Å²) in [6.07, 6.45) is -4.38. The summed E-state index contributed by atoms with van der Waals surface area (Å²) in [5, 5.41) is 18.4. The molecule has 0 heterocycles. The van der Waals surface area contributed by atoms with Gasteiger partial charge in [0.2, 0.25) is 0 Å². The lowest BCUT2D eigenvalue weighted by molar-refractivity contribution is -0.138. The Labute approximate surface area is 124 Å². The summed E-state index contributed by atoms with van der Waals surface area (Å²) in [7, 11) is 0. The minimum atomic E-state index is -4.39. The molecule has 0 radical (unpaired) electrons. The fraction of sp³-hybridized carbons (Fsp3) is 0.188. The van der Waals surface area contributed by atoms with Gasteiger partial charge in [0.15, 0.2) is 0 Å². The number of benzene rings is 2. The molecule has 0 bridgehead atoms. The predicted molar refractivity (Wildman–Crippen MR) is 74.5 cm³/mol. The Morgan fingerprint density at radius 2 is 1.59 bits per heavy atom. The van der Waals surface area contributed by atoms with Crippen molar-refractivity contribution in [3.63, 3.8) is 0 Å². The fourth-order valence-corrected chi connectivity index (χ4v) is 2.06. The molecule has 0 aliphatic carbocycles. The first-order chi connectivity index (χ1) is 10.3. The van der Waals surface area contributed by atoms with Gasteiger partial charge in [-0.15, -0.1) is 0 Å². The number of aromatic hydroxyl groups is 1. The smallest absolute Gasteiger partial charge is 0.416 e. The van der Waals surface area contributed by atoms with E-state index in [4.69, 9.17) is 5.11 Å². The molecule has 0 aliphatic rings. The number of alkyl halides is 3. The number of rotatable bonds is 4. The topological polar surface area (TPSA) is 57.5 Å². The van der Waals surface area contributed by atoms with E-state index in [-0.39, 0.29) is 18.6 Å². The van der Waals surface area contributed by atoms with Crippen molar-refractivity contribution in [1.82, 2.24) is 0 Å². The molecule has 0 aromatic heterocycles. The van der Waals surface area contributed by atoms with E-state index < -0.39 is 17.7 Å². The highest BCUT2D eigenvalue weighted by Crippen LogP contribution is 2.32. The molecule has 2 N–H and O–H groups in total. The zero-order valence-electron chi connectivity index (χ0n) is 11.4. The zero-order valence-corrected chi connectivity index (χ0v) is 11.4. The predicted octanol–water partition coefficient (Wildman–Crippen LogP) is 4.10. The maximum Gasteiger partial charge on any atom is 0.416 e. The van der Waals surface area contributed by atoms with Gasteiger partial charge in [-0.25, -0.2) is 0 Å². The molecule has 116 valence electrons. The van der Waals surface area contributed by atoms with Crippen molar-refractivity contribution in [2.45, 2.75) is 19.0 Å². The number of hydrogen-bond acceptors (Lipinski definition) is 2. The number of carboxylic acid groups (broad SMARTS) is 1. The van der Waals surface area contributed by atoms with Gasteiger partial charge in [0.25, 0.3) is 0 Å². The molecule has 0 unspecified atom stereocenters. The van der Waals surface area contributed by atoms with E-state index in [1.54, 1.807) is 12.1 Å². The third-order valence-corrected chi connectivity index (χ3v) is 3.23. The molecule has 0 fully saturated rings. The Morgan fingerprint density at radius 1 is 1.00 bits per heavy atom. The van der Waals surface area contributed by atoms with Crippen molar-refractivity contribution < 1.29 is 28.2 Å². The molecule has 2 aromatic carbocycles. The quantitative estimate of drug-likeness (QED) is 0.894. The molecular weight excluding hydrogens is 297 g/mol. The lowest BCUT2D eigenvalue weighted by Gasteiger charge is -2.10. The van der Waals surface area contributed by atoms with Gasteiger partial charge in [-0.05, 0) is 47.4 Å². The van der Waals surface area contributed by atoms with Gasteiger partial charge in [-0.3, -0.25) is 4.79 Å². The summed E-state index contributed by atoms with van der Waals surface area (Å²) in [5.74, 6) is -1.02. The van der Waals surface area contributed by atoms with E-state index in [2.05, 4.69) is 0 Å². The summed E-state index contributed by atoms with van der Waals surface area (Å²) in [4.78, 5) is 10.6. The fourth-order valence-electron chi connectivity index (χ4n) is 2.06. The molecule has 0 atom stereocenters. The zero-order chi connectivity index (χ0) is 16.3. The number of phenolic OH excluding ortho intramolecular Hbond substituents is 1. The minimum absolute atomic E-state index is 0.0306. The van der Waals surface area contributed by atoms with E-state index in [1.165, 1.54) is 18.2 Å². The monoisotopic (exact) mass is 310 g/mol. The third-order valence-electron chi connectivity index (χ3n) is 3.23. The second kappa shape index (κ2) is 6.09. The summed E-state index contributed by atoms with van der Waals surface area (Å²) in [6, 6.07) is 9.22. The first-order valence-electron chi connectivity index (χ1n) is 6.48. The van der Waals surface area contributed by atoms with Crippen LogP contribution in [0.1, 0.15) is 17.5 Å². The van der Waals surface area contributed by atoms with Gasteiger partial charge in [0.1, 0.15) is 5.75 Å². The molecular formula is C16H13F3O3. The molecule has 0 aliphatic heterocycles. The second-order valence-corrected chi connectivity index (χ2v) is 4.81. The van der Waals surface area contributed by atoms with E-state index in [0.29, 0.717) is 16.7 Å². The van der Waals surface area contributed by atoms with E-state index in [9.17, 15) is 23.1 Å². The highest BCUT2D eigenvalue weighted by molar-refractivity contribution is 5.69. The average Bonchev–Trinajstić information content (AvgIpc) is 2.45. The van der Waals surface area contributed by atoms with E-state index >= 15 is 0 Å². The van der Waals surface area contributed by atoms with Crippen LogP contribution in [0.25, 0.3) is 11.1 Å². The molecule has 0 amide bonds. The number of carboxylic acids is 1. The van der Waals surface area contributed by atoms with Crippen LogP contribution in [0.15, 0.2) is 42.5 Å². The first-order valence-corrected chi connectivity index (χ1v) is 6.48. The van der Waals surface area contributed by atoms with E-state index in [0.717, 1.165) is 12.1 Å². The first kappa shape index (κ1) is 15.9. The van der Waals surface area contributed by atoms with Crippen molar-refractivity contribution in [3.05, 3.63) is 53.6 Å². The Hall–Kier alpha value is -2.50. The van der Waals surface area contributed by atoms with E-state index in [1.807, 2.05) is 0 Å². The van der Waals surface area contributed by atoms with Crippen molar-refractivity contribution in [1.29, 1.82) is 0 Å². The summed E-state index contributed by atoms with van der Waals surface area (Å²) in [6.45, 7) is 0. The molecule has 2 rings (SSSR count). The SMILES string of the molecule is O=C(O)CCc1cc(-c2ccc(C(F)(F)F)cc2)ccc1O. The number of phenols is 1. The highest BCUT2D eigenvalue weighted by atomic mass is 19.4. The molecule has 0 saturated carbocycles. The minimum Gasteiger partial charge on any atom is -0.508 e. The van der Waals surface area contributed by atoms with Gasteiger partial charge in [0, 0.05) is 6.42 Å². The second-order valence-electron chi connectivity index (χ2n) is 4.81. The lowest BCUT2D eigenvalue weighted by atomic mass is 9.99. The van der Waals surface area contributed by atoms with Gasteiger partial charge < -0.3 is 10.2 Å². The van der Waals surface area contributed by atoms with Gasteiger partial charge in [-0.1, -0.05) is 18.2 Å². The molecule has 0 spiro atoms. The Kier molecular flexibility index (Phi) is 4.40. The van der Waals surface area contributed by atoms with Crippen LogP contribution >= 0.6 is 0 Å². The van der Waals surface area contributed by atoms with Crippen LogP contribution in [-0.2, 0) is 17.4 Å². The number of hydrogen-bond donors (Lipinski definition) is 2. The summed E-state index contributed by atoms with van der Waals surface area (Å²) in [5.41, 5.74) is 0.886. The highest BCUT2D eigenvalue weighted by Gasteiger charge is 2.29. The maximum atomic E-state index is 12.5. The number of aliphatic carboxylic acids is 1. The Morgan fingerprint density at radius 3 is 2.14 bits per heavy atom. The van der Waals surface area contributed by atoms with Crippen LogP contribution in [0.2, 0.25) is 0 Å². The maximum absolute atomic E-state index is 12.5. The molecule has 0 saturated heterocycles. The number of aryl methyl sites for hydroxylation is 1. The van der Waals surface area contributed by atoms with Crippen LogP contribution in [0, 0.1) is 0 Å². The van der Waals surface area contributed by atoms with Crippen molar-refractivity contribution in [3.8, 4) is 16.9 Å². The van der Waals surface area contributed by atoms with Crippen LogP contribution in [0.4, 0.5) is 13.2 Å². The van der Waals surface area contributed by atoms with Crippen molar-refractivity contribution >= 4 is 5.97 Å². The van der Waals surface area contributed by atoms with Gasteiger partial charge >= 0.3 is 12.1 Å². The summed E-state index contributed by atoms with van der Waals surface area (Å²) < 4.78 is 37.6. The molecule has 2 aromatic rings. The number of carbonyl (C=O) groups is 1. The van der Waals surface area contributed by atoms with Gasteiger partial charge in [-0.2, -0.15) is 13.2 Å². The average molecular weight is 310 g/mol.